The Bertz CT molecular complexity index is 344. The summed E-state index contributed by atoms with van der Waals surface area (Å²) in [5.74, 6) is 0.228. The lowest BCUT2D eigenvalue weighted by atomic mass is 9.71. The second-order valence-electron chi connectivity index (χ2n) is 7.68. The van der Waals surface area contributed by atoms with Gasteiger partial charge in [-0.05, 0) is 57.4 Å². The first-order valence-electron chi connectivity index (χ1n) is 8.03. The van der Waals surface area contributed by atoms with E-state index in [2.05, 4.69) is 31.4 Å². The van der Waals surface area contributed by atoms with E-state index in [-0.39, 0.29) is 11.8 Å². The maximum absolute atomic E-state index is 12.2. The molecule has 0 spiro atoms. The van der Waals surface area contributed by atoms with Crippen LogP contribution in [0.15, 0.2) is 0 Å². The summed E-state index contributed by atoms with van der Waals surface area (Å²) in [5, 5.41) is 16.9. The van der Waals surface area contributed by atoms with Crippen LogP contribution < -0.4 is 10.6 Å². The van der Waals surface area contributed by atoms with Gasteiger partial charge in [0.2, 0.25) is 5.91 Å². The highest BCUT2D eigenvalue weighted by Gasteiger charge is 2.37. The van der Waals surface area contributed by atoms with Crippen LogP contribution in [0.2, 0.25) is 0 Å². The minimum Gasteiger partial charge on any atom is -0.388 e. The predicted molar refractivity (Wildman–Crippen MR) is 80.4 cm³/mol. The number of rotatable bonds is 3. The highest BCUT2D eigenvalue weighted by atomic mass is 16.3. The maximum atomic E-state index is 12.2. The van der Waals surface area contributed by atoms with E-state index in [0.29, 0.717) is 18.0 Å². The second kappa shape index (κ2) is 6.02. The normalized spacial score (nSPS) is 32.6. The Morgan fingerprint density at radius 2 is 1.95 bits per heavy atom. The van der Waals surface area contributed by atoms with Crippen LogP contribution in [0.5, 0.6) is 0 Å². The Labute approximate surface area is 122 Å². The summed E-state index contributed by atoms with van der Waals surface area (Å²) < 4.78 is 0. The van der Waals surface area contributed by atoms with Gasteiger partial charge in [-0.2, -0.15) is 0 Å². The fourth-order valence-electron chi connectivity index (χ4n) is 3.33. The van der Waals surface area contributed by atoms with Crippen LogP contribution in [0, 0.1) is 11.3 Å². The Morgan fingerprint density at radius 1 is 1.30 bits per heavy atom. The van der Waals surface area contributed by atoms with Crippen molar-refractivity contribution < 1.29 is 9.90 Å². The zero-order valence-corrected chi connectivity index (χ0v) is 13.2. The SMILES string of the molecule is CC1CC(C(=O)NCC2(O)CCC(C)(C)CC2)CCN1. The lowest BCUT2D eigenvalue weighted by Crippen LogP contribution is -2.49. The van der Waals surface area contributed by atoms with Gasteiger partial charge in [0, 0.05) is 18.5 Å². The Balaban J connectivity index is 1.78. The fourth-order valence-corrected chi connectivity index (χ4v) is 3.33. The van der Waals surface area contributed by atoms with Crippen molar-refractivity contribution >= 4 is 5.91 Å². The number of hydrogen-bond donors (Lipinski definition) is 3. The van der Waals surface area contributed by atoms with Crippen molar-refractivity contribution in [3.63, 3.8) is 0 Å². The molecule has 0 aromatic rings. The van der Waals surface area contributed by atoms with Crippen LogP contribution >= 0.6 is 0 Å². The minimum atomic E-state index is -0.691. The average molecular weight is 282 g/mol. The van der Waals surface area contributed by atoms with Crippen molar-refractivity contribution in [3.05, 3.63) is 0 Å². The van der Waals surface area contributed by atoms with E-state index in [1.807, 2.05) is 0 Å². The standard InChI is InChI=1S/C16H30N2O2/c1-12-10-13(4-9-17-12)14(19)18-11-16(20)7-5-15(2,3)6-8-16/h12-13,17,20H,4-11H2,1-3H3,(H,18,19). The molecule has 1 amide bonds. The van der Waals surface area contributed by atoms with Gasteiger partial charge in [0.25, 0.3) is 0 Å². The number of aliphatic hydroxyl groups is 1. The fraction of sp³-hybridized carbons (Fsp3) is 0.938. The van der Waals surface area contributed by atoms with Gasteiger partial charge in [-0.15, -0.1) is 0 Å². The smallest absolute Gasteiger partial charge is 0.223 e. The largest absolute Gasteiger partial charge is 0.388 e. The molecule has 1 aliphatic heterocycles. The third kappa shape index (κ3) is 4.19. The van der Waals surface area contributed by atoms with Crippen LogP contribution in [0.3, 0.4) is 0 Å². The number of hydrogen-bond acceptors (Lipinski definition) is 3. The van der Waals surface area contributed by atoms with Crippen molar-refractivity contribution in [3.8, 4) is 0 Å². The van der Waals surface area contributed by atoms with E-state index in [0.717, 1.165) is 45.1 Å². The zero-order chi connectivity index (χ0) is 14.8. The summed E-state index contributed by atoms with van der Waals surface area (Å²) >= 11 is 0. The first-order valence-corrected chi connectivity index (χ1v) is 8.03. The molecule has 1 saturated heterocycles. The summed E-state index contributed by atoms with van der Waals surface area (Å²) in [6.45, 7) is 7.96. The van der Waals surface area contributed by atoms with Crippen molar-refractivity contribution in [1.82, 2.24) is 10.6 Å². The van der Waals surface area contributed by atoms with E-state index < -0.39 is 5.60 Å². The average Bonchev–Trinajstić information content (AvgIpc) is 2.40. The molecule has 2 unspecified atom stereocenters. The molecule has 2 fully saturated rings. The zero-order valence-electron chi connectivity index (χ0n) is 13.2. The van der Waals surface area contributed by atoms with Crippen LogP contribution in [0.25, 0.3) is 0 Å². The summed E-state index contributed by atoms with van der Waals surface area (Å²) in [7, 11) is 0. The molecule has 1 aliphatic carbocycles. The van der Waals surface area contributed by atoms with Gasteiger partial charge in [0.1, 0.15) is 0 Å². The van der Waals surface area contributed by atoms with Gasteiger partial charge in [0.15, 0.2) is 0 Å². The molecule has 0 radical (unpaired) electrons. The molecule has 20 heavy (non-hydrogen) atoms. The highest BCUT2D eigenvalue weighted by molar-refractivity contribution is 5.78. The first-order chi connectivity index (χ1) is 9.30. The van der Waals surface area contributed by atoms with Crippen LogP contribution in [-0.4, -0.2) is 35.7 Å². The monoisotopic (exact) mass is 282 g/mol. The van der Waals surface area contributed by atoms with Crippen molar-refractivity contribution in [2.24, 2.45) is 11.3 Å². The second-order valence-corrected chi connectivity index (χ2v) is 7.68. The molecule has 2 aliphatic rings. The Morgan fingerprint density at radius 3 is 2.55 bits per heavy atom. The molecule has 2 atom stereocenters. The number of carbonyl (C=O) groups is 1. The molecule has 0 bridgehead atoms. The molecule has 4 nitrogen and oxygen atoms in total. The quantitative estimate of drug-likeness (QED) is 0.740. The third-order valence-electron chi connectivity index (χ3n) is 5.12. The summed E-state index contributed by atoms with van der Waals surface area (Å²) in [6.07, 6.45) is 5.46. The van der Waals surface area contributed by atoms with Crippen LogP contribution in [0.4, 0.5) is 0 Å². The van der Waals surface area contributed by atoms with Crippen LogP contribution in [-0.2, 0) is 4.79 Å². The molecule has 1 heterocycles. The van der Waals surface area contributed by atoms with E-state index in [1.54, 1.807) is 0 Å². The van der Waals surface area contributed by atoms with E-state index in [9.17, 15) is 9.90 Å². The van der Waals surface area contributed by atoms with Gasteiger partial charge in [-0.3, -0.25) is 4.79 Å². The molecule has 1 saturated carbocycles. The number of nitrogens with one attached hydrogen (secondary N) is 2. The Kier molecular flexibility index (Phi) is 4.75. The minimum absolute atomic E-state index is 0.106. The number of piperidine rings is 1. The first kappa shape index (κ1) is 15.8. The molecule has 2 rings (SSSR count). The number of carbonyl (C=O) groups excluding carboxylic acids is 1. The third-order valence-corrected chi connectivity index (χ3v) is 5.12. The molecule has 0 aromatic carbocycles. The van der Waals surface area contributed by atoms with Crippen molar-refractivity contribution in [2.45, 2.75) is 70.9 Å². The topological polar surface area (TPSA) is 61.4 Å². The molecular formula is C16H30N2O2. The molecule has 116 valence electrons. The molecule has 4 heteroatoms. The van der Waals surface area contributed by atoms with Crippen LogP contribution in [0.1, 0.15) is 59.3 Å². The highest BCUT2D eigenvalue weighted by Crippen LogP contribution is 2.39. The lowest BCUT2D eigenvalue weighted by molar-refractivity contribution is -0.128. The molecule has 3 N–H and O–H groups in total. The summed E-state index contributed by atoms with van der Waals surface area (Å²) in [6, 6.07) is 0.415. The van der Waals surface area contributed by atoms with E-state index >= 15 is 0 Å². The number of amides is 1. The van der Waals surface area contributed by atoms with Gasteiger partial charge in [-0.1, -0.05) is 13.8 Å². The maximum Gasteiger partial charge on any atom is 0.223 e. The predicted octanol–water partition coefficient (Wildman–Crippen LogP) is 1.82. The van der Waals surface area contributed by atoms with Gasteiger partial charge < -0.3 is 15.7 Å². The Hall–Kier alpha value is -0.610. The summed E-state index contributed by atoms with van der Waals surface area (Å²) in [4.78, 5) is 12.2. The van der Waals surface area contributed by atoms with Gasteiger partial charge in [0.05, 0.1) is 5.60 Å². The van der Waals surface area contributed by atoms with Gasteiger partial charge in [-0.25, -0.2) is 0 Å². The van der Waals surface area contributed by atoms with E-state index in [4.69, 9.17) is 0 Å². The van der Waals surface area contributed by atoms with Crippen molar-refractivity contribution in [2.75, 3.05) is 13.1 Å². The lowest BCUT2D eigenvalue weighted by Gasteiger charge is -2.40. The van der Waals surface area contributed by atoms with E-state index in [1.165, 1.54) is 0 Å². The van der Waals surface area contributed by atoms with Crippen molar-refractivity contribution in [1.29, 1.82) is 0 Å². The molecular weight excluding hydrogens is 252 g/mol. The summed E-state index contributed by atoms with van der Waals surface area (Å²) in [5.41, 5.74) is -0.357. The van der Waals surface area contributed by atoms with Gasteiger partial charge >= 0.3 is 0 Å². The molecule has 0 aromatic heterocycles.